The molecule has 7 heteroatoms. The van der Waals surface area contributed by atoms with Crippen LogP contribution in [0.15, 0.2) is 74.4 Å². The van der Waals surface area contributed by atoms with Crippen molar-refractivity contribution in [1.29, 1.82) is 0 Å². The summed E-state index contributed by atoms with van der Waals surface area (Å²) < 4.78 is 8.62. The second-order valence-electron chi connectivity index (χ2n) is 6.48. The number of ether oxygens (including phenoxy) is 1. The summed E-state index contributed by atoms with van der Waals surface area (Å²) >= 11 is 6.83. The summed E-state index contributed by atoms with van der Waals surface area (Å²) in [5.41, 5.74) is 1.54. The molecule has 0 aliphatic heterocycles. The fourth-order valence-corrected chi connectivity index (χ4v) is 3.90. The number of halogens is 2. The maximum atomic E-state index is 13.5. The molecule has 0 spiro atoms. The van der Waals surface area contributed by atoms with Crippen LogP contribution in [0.1, 0.15) is 11.4 Å². The second kappa shape index (κ2) is 8.45. The van der Waals surface area contributed by atoms with E-state index in [0.29, 0.717) is 33.7 Å². The number of aromatic nitrogens is 2. The van der Waals surface area contributed by atoms with Crippen molar-refractivity contribution in [3.63, 3.8) is 0 Å². The van der Waals surface area contributed by atoms with Gasteiger partial charge in [0.1, 0.15) is 17.3 Å². The zero-order valence-electron chi connectivity index (χ0n) is 15.8. The van der Waals surface area contributed by atoms with Gasteiger partial charge in [-0.25, -0.2) is 4.98 Å². The number of hydrogen-bond acceptors (Lipinski definition) is 4. The predicted octanol–water partition coefficient (Wildman–Crippen LogP) is 5.80. The lowest BCUT2D eigenvalue weighted by atomic mass is 10.1. The highest BCUT2D eigenvalue weighted by Crippen LogP contribution is 2.27. The van der Waals surface area contributed by atoms with Crippen molar-refractivity contribution in [2.75, 3.05) is 7.11 Å². The number of para-hydroxylation sites is 2. The average molecular weight is 528 g/mol. The Balaban J connectivity index is 2.00. The first kappa shape index (κ1) is 20.4. The van der Waals surface area contributed by atoms with Gasteiger partial charge in [0.25, 0.3) is 5.56 Å². The number of rotatable bonds is 4. The first-order valence-corrected chi connectivity index (χ1v) is 10.6. The zero-order chi connectivity index (χ0) is 21.3. The molecule has 0 radical (unpaired) electrons. The van der Waals surface area contributed by atoms with Crippen molar-refractivity contribution in [3.05, 3.63) is 91.4 Å². The van der Waals surface area contributed by atoms with Crippen LogP contribution in [0.2, 0.25) is 0 Å². The topological polar surface area (TPSA) is 64.3 Å². The molecular formula is C23H16Br2N2O3. The average Bonchev–Trinajstić information content (AvgIpc) is 2.75. The van der Waals surface area contributed by atoms with Gasteiger partial charge in [-0.05, 0) is 60.7 Å². The normalized spacial score (nSPS) is 11.3. The number of phenolic OH excluding ortho intramolecular Hbond substituents is 1. The molecule has 0 saturated heterocycles. The molecule has 3 aromatic carbocycles. The number of methoxy groups -OCH3 is 1. The highest BCUT2D eigenvalue weighted by Gasteiger charge is 2.15. The minimum Gasteiger partial charge on any atom is -0.507 e. The molecule has 0 saturated carbocycles. The molecule has 1 aromatic heterocycles. The molecular weight excluding hydrogens is 512 g/mol. The molecule has 1 N–H and O–H groups in total. The van der Waals surface area contributed by atoms with E-state index < -0.39 is 0 Å². The van der Waals surface area contributed by atoms with Crippen molar-refractivity contribution in [3.8, 4) is 17.2 Å². The number of aromatic hydroxyl groups is 1. The molecule has 0 atom stereocenters. The summed E-state index contributed by atoms with van der Waals surface area (Å²) in [6, 6.07) is 17.8. The van der Waals surface area contributed by atoms with E-state index in [1.807, 2.05) is 18.2 Å². The molecule has 5 nitrogen and oxygen atoms in total. The van der Waals surface area contributed by atoms with Crippen LogP contribution in [0.3, 0.4) is 0 Å². The standard InChI is InChI=1S/C23H16Br2N2O3/c1-30-21-5-3-2-4-19(21)27-22(11-6-14-12-15(24)8-10-20(14)28)26-18-9-7-16(25)13-17(18)23(27)29/h2-13,28H,1H3. The molecule has 0 bridgehead atoms. The van der Waals surface area contributed by atoms with Gasteiger partial charge in [-0.2, -0.15) is 0 Å². The molecule has 150 valence electrons. The Morgan fingerprint density at radius 2 is 1.73 bits per heavy atom. The minimum absolute atomic E-state index is 0.130. The Bertz CT molecular complexity index is 1350. The Labute approximate surface area is 189 Å². The number of hydrogen-bond donors (Lipinski definition) is 1. The van der Waals surface area contributed by atoms with Crippen molar-refractivity contribution in [2.45, 2.75) is 0 Å². The number of fused-ring (bicyclic) bond motifs is 1. The van der Waals surface area contributed by atoms with Crippen LogP contribution in [0.4, 0.5) is 0 Å². The van der Waals surface area contributed by atoms with Crippen LogP contribution < -0.4 is 10.3 Å². The second-order valence-corrected chi connectivity index (χ2v) is 8.31. The third-order valence-corrected chi connectivity index (χ3v) is 5.57. The molecule has 0 amide bonds. The number of nitrogens with zero attached hydrogens (tertiary/aromatic N) is 2. The van der Waals surface area contributed by atoms with E-state index in [1.165, 1.54) is 4.57 Å². The van der Waals surface area contributed by atoms with Gasteiger partial charge in [-0.1, -0.05) is 44.0 Å². The molecule has 0 aliphatic carbocycles. The smallest absolute Gasteiger partial charge is 0.266 e. The van der Waals surface area contributed by atoms with Crippen molar-refractivity contribution >= 4 is 54.9 Å². The Morgan fingerprint density at radius 1 is 1.00 bits per heavy atom. The first-order chi connectivity index (χ1) is 14.5. The van der Waals surface area contributed by atoms with Crippen LogP contribution in [-0.2, 0) is 0 Å². The summed E-state index contributed by atoms with van der Waals surface area (Å²) in [6.07, 6.45) is 3.43. The predicted molar refractivity (Wildman–Crippen MR) is 126 cm³/mol. The van der Waals surface area contributed by atoms with Crippen LogP contribution in [0, 0.1) is 0 Å². The highest BCUT2D eigenvalue weighted by atomic mass is 79.9. The Kier molecular flexibility index (Phi) is 5.74. The third-order valence-electron chi connectivity index (χ3n) is 4.58. The Hall–Kier alpha value is -2.90. The van der Waals surface area contributed by atoms with Gasteiger partial charge in [0, 0.05) is 14.5 Å². The van der Waals surface area contributed by atoms with Gasteiger partial charge in [0.05, 0.1) is 23.7 Å². The summed E-state index contributed by atoms with van der Waals surface area (Å²) in [5.74, 6) is 1.10. The molecule has 4 rings (SSSR count). The number of phenols is 1. The van der Waals surface area contributed by atoms with Crippen LogP contribution in [0.25, 0.3) is 28.7 Å². The molecule has 30 heavy (non-hydrogen) atoms. The largest absolute Gasteiger partial charge is 0.507 e. The van der Waals surface area contributed by atoms with E-state index in [-0.39, 0.29) is 11.3 Å². The summed E-state index contributed by atoms with van der Waals surface area (Å²) in [7, 11) is 1.56. The van der Waals surface area contributed by atoms with E-state index in [9.17, 15) is 9.90 Å². The number of benzene rings is 3. The van der Waals surface area contributed by atoms with E-state index in [0.717, 1.165) is 8.95 Å². The van der Waals surface area contributed by atoms with E-state index in [1.54, 1.807) is 61.7 Å². The lowest BCUT2D eigenvalue weighted by molar-refractivity contribution is 0.412. The van der Waals surface area contributed by atoms with E-state index in [4.69, 9.17) is 9.72 Å². The minimum atomic E-state index is -0.219. The molecule has 1 heterocycles. The van der Waals surface area contributed by atoms with Gasteiger partial charge >= 0.3 is 0 Å². The van der Waals surface area contributed by atoms with E-state index in [2.05, 4.69) is 31.9 Å². The quantitative estimate of drug-likeness (QED) is 0.364. The monoisotopic (exact) mass is 526 g/mol. The van der Waals surface area contributed by atoms with Crippen LogP contribution in [0.5, 0.6) is 11.5 Å². The SMILES string of the molecule is COc1ccccc1-n1c(C=Cc2cc(Br)ccc2O)nc2ccc(Br)cc2c1=O. The zero-order valence-corrected chi connectivity index (χ0v) is 19.0. The molecule has 4 aromatic rings. The van der Waals surface area contributed by atoms with Crippen LogP contribution in [-0.4, -0.2) is 21.8 Å². The molecule has 0 fully saturated rings. The lowest BCUT2D eigenvalue weighted by Gasteiger charge is -2.14. The lowest BCUT2D eigenvalue weighted by Crippen LogP contribution is -2.22. The van der Waals surface area contributed by atoms with Gasteiger partial charge in [-0.3, -0.25) is 9.36 Å². The molecule has 0 aliphatic rings. The maximum Gasteiger partial charge on any atom is 0.266 e. The molecule has 0 unspecified atom stereocenters. The summed E-state index contributed by atoms with van der Waals surface area (Å²) in [6.45, 7) is 0. The maximum absolute atomic E-state index is 13.5. The van der Waals surface area contributed by atoms with E-state index >= 15 is 0 Å². The van der Waals surface area contributed by atoms with Gasteiger partial charge in [-0.15, -0.1) is 0 Å². The summed E-state index contributed by atoms with van der Waals surface area (Å²) in [4.78, 5) is 18.2. The van der Waals surface area contributed by atoms with Crippen molar-refractivity contribution < 1.29 is 9.84 Å². The summed E-state index contributed by atoms with van der Waals surface area (Å²) in [5, 5.41) is 10.6. The third kappa shape index (κ3) is 3.91. The van der Waals surface area contributed by atoms with Gasteiger partial charge < -0.3 is 9.84 Å². The van der Waals surface area contributed by atoms with Gasteiger partial charge in [0.15, 0.2) is 0 Å². The van der Waals surface area contributed by atoms with Gasteiger partial charge in [0.2, 0.25) is 0 Å². The highest BCUT2D eigenvalue weighted by molar-refractivity contribution is 9.10. The Morgan fingerprint density at radius 3 is 2.53 bits per heavy atom. The fraction of sp³-hybridized carbons (Fsp3) is 0.0435. The van der Waals surface area contributed by atoms with Crippen molar-refractivity contribution in [1.82, 2.24) is 9.55 Å². The fourth-order valence-electron chi connectivity index (χ4n) is 3.16. The van der Waals surface area contributed by atoms with Crippen LogP contribution >= 0.6 is 31.9 Å². The van der Waals surface area contributed by atoms with Crippen molar-refractivity contribution in [2.24, 2.45) is 0 Å². The first-order valence-electron chi connectivity index (χ1n) is 9.00.